The quantitative estimate of drug-likeness (QED) is 0.720. The highest BCUT2D eigenvalue weighted by Gasteiger charge is 2.29. The Labute approximate surface area is 125 Å². The number of amides is 2. The molecule has 21 heavy (non-hydrogen) atoms. The average Bonchev–Trinajstić information content (AvgIpc) is 3.31. The van der Waals surface area contributed by atoms with E-state index >= 15 is 0 Å². The van der Waals surface area contributed by atoms with Gasteiger partial charge in [0.1, 0.15) is 0 Å². The van der Waals surface area contributed by atoms with Crippen molar-refractivity contribution in [2.75, 3.05) is 17.2 Å². The summed E-state index contributed by atoms with van der Waals surface area (Å²) in [5.74, 6) is 0.0695. The number of carbonyl (C=O) groups excluding carboxylic acids is 2. The number of nitrogens with two attached hydrogens (primary N) is 1. The summed E-state index contributed by atoms with van der Waals surface area (Å²) in [7, 11) is 0. The first-order chi connectivity index (χ1) is 10.1. The van der Waals surface area contributed by atoms with E-state index in [1.165, 1.54) is 0 Å². The molecular weight excluding hydrogens is 266 g/mol. The van der Waals surface area contributed by atoms with E-state index in [0.717, 1.165) is 37.1 Å². The van der Waals surface area contributed by atoms with E-state index in [0.29, 0.717) is 6.54 Å². The maximum atomic E-state index is 12.0. The van der Waals surface area contributed by atoms with Crippen molar-refractivity contribution in [1.29, 1.82) is 0 Å². The number of hydrogen-bond donors (Lipinski definition) is 3. The molecule has 1 saturated carbocycles. The van der Waals surface area contributed by atoms with Crippen molar-refractivity contribution in [3.8, 4) is 0 Å². The van der Waals surface area contributed by atoms with Gasteiger partial charge in [-0.3, -0.25) is 9.59 Å². The first-order valence-electron chi connectivity index (χ1n) is 7.56. The van der Waals surface area contributed by atoms with Gasteiger partial charge in [-0.1, -0.05) is 13.3 Å². The largest absolute Gasteiger partial charge is 0.330 e. The molecule has 0 aliphatic heterocycles. The molecule has 0 bridgehead atoms. The van der Waals surface area contributed by atoms with Gasteiger partial charge >= 0.3 is 0 Å². The molecule has 0 radical (unpaired) electrons. The van der Waals surface area contributed by atoms with Gasteiger partial charge in [0.2, 0.25) is 11.8 Å². The molecule has 4 N–H and O–H groups in total. The molecule has 1 aromatic rings. The summed E-state index contributed by atoms with van der Waals surface area (Å²) in [5.41, 5.74) is 7.10. The molecule has 1 aliphatic rings. The van der Waals surface area contributed by atoms with Crippen molar-refractivity contribution in [3.05, 3.63) is 24.3 Å². The van der Waals surface area contributed by atoms with Crippen LogP contribution in [0.2, 0.25) is 0 Å². The van der Waals surface area contributed by atoms with Crippen LogP contribution in [0.3, 0.4) is 0 Å². The highest BCUT2D eigenvalue weighted by molar-refractivity contribution is 5.95. The fourth-order valence-corrected chi connectivity index (χ4v) is 2.18. The first kappa shape index (κ1) is 15.5. The third-order valence-electron chi connectivity index (χ3n) is 3.66. The van der Waals surface area contributed by atoms with Gasteiger partial charge in [0.15, 0.2) is 0 Å². The zero-order chi connectivity index (χ0) is 15.2. The van der Waals surface area contributed by atoms with Crippen molar-refractivity contribution >= 4 is 23.2 Å². The summed E-state index contributed by atoms with van der Waals surface area (Å²) < 4.78 is 0. The van der Waals surface area contributed by atoms with E-state index in [4.69, 9.17) is 5.73 Å². The maximum absolute atomic E-state index is 12.0. The lowest BCUT2D eigenvalue weighted by atomic mass is 10.0. The van der Waals surface area contributed by atoms with E-state index in [1.54, 1.807) is 24.3 Å². The molecule has 1 atom stereocenters. The Bertz CT molecular complexity index is 495. The average molecular weight is 289 g/mol. The van der Waals surface area contributed by atoms with Gasteiger partial charge in [0, 0.05) is 23.8 Å². The normalized spacial score (nSPS) is 15.3. The molecule has 0 saturated heterocycles. The number of rotatable bonds is 7. The molecule has 0 aromatic heterocycles. The van der Waals surface area contributed by atoms with Crippen molar-refractivity contribution in [3.63, 3.8) is 0 Å². The summed E-state index contributed by atoms with van der Waals surface area (Å²) in [4.78, 5) is 23.7. The Hall–Kier alpha value is -1.88. The van der Waals surface area contributed by atoms with E-state index in [9.17, 15) is 9.59 Å². The number of benzene rings is 1. The SMILES string of the molecule is CCCC(CN)C(=O)Nc1ccc(NC(=O)C2CC2)cc1. The summed E-state index contributed by atoms with van der Waals surface area (Å²) in [6.45, 7) is 2.39. The number of carbonyl (C=O) groups is 2. The van der Waals surface area contributed by atoms with Crippen LogP contribution in [0, 0.1) is 11.8 Å². The van der Waals surface area contributed by atoms with Gasteiger partial charge < -0.3 is 16.4 Å². The monoisotopic (exact) mass is 289 g/mol. The molecule has 1 aliphatic carbocycles. The van der Waals surface area contributed by atoms with E-state index in [1.807, 2.05) is 6.92 Å². The van der Waals surface area contributed by atoms with Crippen LogP contribution in [-0.4, -0.2) is 18.4 Å². The molecule has 114 valence electrons. The minimum absolute atomic E-state index is 0.0471. The Kier molecular flexibility index (Phi) is 5.33. The Morgan fingerprint density at radius 3 is 2.24 bits per heavy atom. The fraction of sp³-hybridized carbons (Fsp3) is 0.500. The predicted molar refractivity (Wildman–Crippen MR) is 83.9 cm³/mol. The summed E-state index contributed by atoms with van der Waals surface area (Å²) >= 11 is 0. The topological polar surface area (TPSA) is 84.2 Å². The van der Waals surface area contributed by atoms with E-state index in [2.05, 4.69) is 10.6 Å². The van der Waals surface area contributed by atoms with Gasteiger partial charge in [-0.25, -0.2) is 0 Å². The van der Waals surface area contributed by atoms with Gasteiger partial charge in [0.25, 0.3) is 0 Å². The molecule has 2 amide bonds. The second-order valence-corrected chi connectivity index (χ2v) is 5.55. The van der Waals surface area contributed by atoms with Crippen molar-refractivity contribution in [2.45, 2.75) is 32.6 Å². The van der Waals surface area contributed by atoms with Crippen LogP contribution in [0.4, 0.5) is 11.4 Å². The zero-order valence-electron chi connectivity index (χ0n) is 12.4. The smallest absolute Gasteiger partial charge is 0.228 e. The molecule has 1 unspecified atom stereocenters. The molecule has 0 heterocycles. The number of nitrogens with one attached hydrogen (secondary N) is 2. The van der Waals surface area contributed by atoms with E-state index < -0.39 is 0 Å². The van der Waals surface area contributed by atoms with Crippen LogP contribution >= 0.6 is 0 Å². The van der Waals surface area contributed by atoms with Gasteiger partial charge in [-0.05, 0) is 43.5 Å². The van der Waals surface area contributed by atoms with Crippen molar-refractivity contribution < 1.29 is 9.59 Å². The number of anilines is 2. The van der Waals surface area contributed by atoms with Gasteiger partial charge in [-0.15, -0.1) is 0 Å². The van der Waals surface area contributed by atoms with Gasteiger partial charge in [-0.2, -0.15) is 0 Å². The summed E-state index contributed by atoms with van der Waals surface area (Å²) in [6, 6.07) is 7.18. The molecular formula is C16H23N3O2. The van der Waals surface area contributed by atoms with Crippen LogP contribution < -0.4 is 16.4 Å². The van der Waals surface area contributed by atoms with E-state index in [-0.39, 0.29) is 23.7 Å². The van der Waals surface area contributed by atoms with Crippen LogP contribution in [0.25, 0.3) is 0 Å². The highest BCUT2D eigenvalue weighted by atomic mass is 16.2. The molecule has 5 nitrogen and oxygen atoms in total. The lowest BCUT2D eigenvalue weighted by Crippen LogP contribution is -2.29. The standard InChI is InChI=1S/C16H23N3O2/c1-2-3-12(10-17)16(21)19-14-8-6-13(7-9-14)18-15(20)11-4-5-11/h6-9,11-12H,2-5,10,17H2,1H3,(H,18,20)(H,19,21). The molecule has 5 heteroatoms. The Morgan fingerprint density at radius 1 is 1.19 bits per heavy atom. The Morgan fingerprint density at radius 2 is 1.76 bits per heavy atom. The minimum atomic E-state index is -0.149. The third kappa shape index (κ3) is 4.56. The molecule has 2 rings (SSSR count). The van der Waals surface area contributed by atoms with Crippen LogP contribution in [0.1, 0.15) is 32.6 Å². The summed E-state index contributed by atoms with van der Waals surface area (Å²) in [5, 5.41) is 5.73. The third-order valence-corrected chi connectivity index (χ3v) is 3.66. The fourth-order valence-electron chi connectivity index (χ4n) is 2.18. The van der Waals surface area contributed by atoms with Gasteiger partial charge in [0.05, 0.1) is 5.92 Å². The van der Waals surface area contributed by atoms with Crippen molar-refractivity contribution in [2.24, 2.45) is 17.6 Å². The first-order valence-corrected chi connectivity index (χ1v) is 7.56. The molecule has 1 fully saturated rings. The van der Waals surface area contributed by atoms with Crippen LogP contribution in [-0.2, 0) is 9.59 Å². The second kappa shape index (κ2) is 7.22. The maximum Gasteiger partial charge on any atom is 0.228 e. The van der Waals surface area contributed by atoms with Crippen LogP contribution in [0.15, 0.2) is 24.3 Å². The molecule has 1 aromatic carbocycles. The predicted octanol–water partition coefficient (Wildman–Crippen LogP) is 2.35. The lowest BCUT2D eigenvalue weighted by molar-refractivity contribution is -0.120. The minimum Gasteiger partial charge on any atom is -0.330 e. The van der Waals surface area contributed by atoms with Crippen LogP contribution in [0.5, 0.6) is 0 Å². The molecule has 0 spiro atoms. The van der Waals surface area contributed by atoms with Crippen molar-refractivity contribution in [1.82, 2.24) is 0 Å². The Balaban J connectivity index is 1.89. The lowest BCUT2D eigenvalue weighted by Gasteiger charge is -2.14. The number of hydrogen-bond acceptors (Lipinski definition) is 3. The second-order valence-electron chi connectivity index (χ2n) is 5.55. The summed E-state index contributed by atoms with van der Waals surface area (Å²) in [6.07, 6.45) is 3.69. The highest BCUT2D eigenvalue weighted by Crippen LogP contribution is 2.30. The zero-order valence-corrected chi connectivity index (χ0v) is 12.4.